The van der Waals surface area contributed by atoms with Crippen LogP contribution >= 0.6 is 0 Å². The highest BCUT2D eigenvalue weighted by molar-refractivity contribution is 5.46. The van der Waals surface area contributed by atoms with Gasteiger partial charge in [-0.1, -0.05) is 18.6 Å². The molecule has 0 atom stereocenters. The Bertz CT molecular complexity index is 361. The minimum absolute atomic E-state index is 0.738. The van der Waals surface area contributed by atoms with E-state index in [2.05, 4.69) is 11.4 Å². The SMILES string of the molecule is CNCc1cccc(OC)c1OCC1CCC1. The lowest BCUT2D eigenvalue weighted by molar-refractivity contribution is 0.174. The summed E-state index contributed by atoms with van der Waals surface area (Å²) in [6, 6.07) is 6.03. The molecular weight excluding hydrogens is 214 g/mol. The predicted octanol–water partition coefficient (Wildman–Crippen LogP) is 2.59. The van der Waals surface area contributed by atoms with Crippen LogP contribution in [-0.4, -0.2) is 20.8 Å². The Hall–Kier alpha value is -1.22. The summed E-state index contributed by atoms with van der Waals surface area (Å²) in [5, 5.41) is 3.16. The fraction of sp³-hybridized carbons (Fsp3) is 0.571. The zero-order valence-electron chi connectivity index (χ0n) is 10.7. The summed E-state index contributed by atoms with van der Waals surface area (Å²) in [4.78, 5) is 0. The van der Waals surface area contributed by atoms with Gasteiger partial charge in [0.2, 0.25) is 0 Å². The first-order chi connectivity index (χ1) is 8.35. The van der Waals surface area contributed by atoms with Gasteiger partial charge in [0, 0.05) is 12.1 Å². The molecule has 0 bridgehead atoms. The number of ether oxygens (including phenoxy) is 2. The Morgan fingerprint density at radius 3 is 2.76 bits per heavy atom. The van der Waals surface area contributed by atoms with Crippen LogP contribution in [0.3, 0.4) is 0 Å². The third-order valence-electron chi connectivity index (χ3n) is 3.34. The number of hydrogen-bond acceptors (Lipinski definition) is 3. The summed E-state index contributed by atoms with van der Waals surface area (Å²) in [5.74, 6) is 2.47. The number of benzene rings is 1. The largest absolute Gasteiger partial charge is 0.493 e. The van der Waals surface area contributed by atoms with Crippen molar-refractivity contribution in [2.75, 3.05) is 20.8 Å². The maximum absolute atomic E-state index is 5.95. The number of rotatable bonds is 6. The fourth-order valence-corrected chi connectivity index (χ4v) is 2.08. The Labute approximate surface area is 103 Å². The molecule has 0 spiro atoms. The molecule has 17 heavy (non-hydrogen) atoms. The van der Waals surface area contributed by atoms with Gasteiger partial charge in [-0.2, -0.15) is 0 Å². The van der Waals surface area contributed by atoms with Crippen LogP contribution in [0.2, 0.25) is 0 Å². The standard InChI is InChI=1S/C14H21NO2/c1-15-9-12-7-4-8-13(16-2)14(12)17-10-11-5-3-6-11/h4,7-8,11,15H,3,5-6,9-10H2,1-2H3. The molecule has 0 amide bonds. The molecule has 3 heteroatoms. The molecule has 1 aromatic carbocycles. The van der Waals surface area contributed by atoms with E-state index in [1.165, 1.54) is 19.3 Å². The van der Waals surface area contributed by atoms with Crippen molar-refractivity contribution in [1.29, 1.82) is 0 Å². The zero-order chi connectivity index (χ0) is 12.1. The van der Waals surface area contributed by atoms with E-state index in [0.29, 0.717) is 0 Å². The molecule has 1 aliphatic rings. The smallest absolute Gasteiger partial charge is 0.165 e. The van der Waals surface area contributed by atoms with Crippen LogP contribution in [0.15, 0.2) is 18.2 Å². The van der Waals surface area contributed by atoms with Gasteiger partial charge in [-0.25, -0.2) is 0 Å². The first-order valence-corrected chi connectivity index (χ1v) is 6.28. The van der Waals surface area contributed by atoms with Gasteiger partial charge in [0.1, 0.15) is 0 Å². The Kier molecular flexibility index (Phi) is 4.26. The summed E-state index contributed by atoms with van der Waals surface area (Å²) in [7, 11) is 3.63. The van der Waals surface area contributed by atoms with Crippen LogP contribution < -0.4 is 14.8 Å². The lowest BCUT2D eigenvalue weighted by Gasteiger charge is -2.26. The minimum atomic E-state index is 0.738. The lowest BCUT2D eigenvalue weighted by Crippen LogP contribution is -2.20. The first-order valence-electron chi connectivity index (χ1n) is 6.28. The van der Waals surface area contributed by atoms with E-state index >= 15 is 0 Å². The quantitative estimate of drug-likeness (QED) is 0.822. The second kappa shape index (κ2) is 5.92. The van der Waals surface area contributed by atoms with Crippen LogP contribution in [0.1, 0.15) is 24.8 Å². The number of nitrogens with one attached hydrogen (secondary N) is 1. The van der Waals surface area contributed by atoms with E-state index in [1.807, 2.05) is 19.2 Å². The van der Waals surface area contributed by atoms with E-state index in [-0.39, 0.29) is 0 Å². The Balaban J connectivity index is 2.08. The van der Waals surface area contributed by atoms with Crippen molar-refractivity contribution in [2.24, 2.45) is 5.92 Å². The van der Waals surface area contributed by atoms with Crippen molar-refractivity contribution in [3.05, 3.63) is 23.8 Å². The van der Waals surface area contributed by atoms with Crippen molar-refractivity contribution in [3.8, 4) is 11.5 Å². The summed E-state index contributed by atoms with van der Waals surface area (Å²) >= 11 is 0. The predicted molar refractivity (Wildman–Crippen MR) is 68.6 cm³/mol. The summed E-state index contributed by atoms with van der Waals surface area (Å²) in [5.41, 5.74) is 1.16. The molecule has 0 aromatic heterocycles. The van der Waals surface area contributed by atoms with Crippen molar-refractivity contribution >= 4 is 0 Å². The molecule has 1 fully saturated rings. The van der Waals surface area contributed by atoms with Crippen LogP contribution in [0.25, 0.3) is 0 Å². The monoisotopic (exact) mass is 235 g/mol. The van der Waals surface area contributed by atoms with Gasteiger partial charge in [-0.3, -0.25) is 0 Å². The van der Waals surface area contributed by atoms with Crippen LogP contribution in [0.5, 0.6) is 11.5 Å². The molecule has 0 saturated heterocycles. The van der Waals surface area contributed by atoms with Crippen molar-refractivity contribution < 1.29 is 9.47 Å². The fourth-order valence-electron chi connectivity index (χ4n) is 2.08. The van der Waals surface area contributed by atoms with Gasteiger partial charge < -0.3 is 14.8 Å². The van der Waals surface area contributed by atoms with Crippen molar-refractivity contribution in [1.82, 2.24) is 5.32 Å². The third kappa shape index (κ3) is 2.91. The van der Waals surface area contributed by atoms with Gasteiger partial charge in [0.25, 0.3) is 0 Å². The van der Waals surface area contributed by atoms with Gasteiger partial charge >= 0.3 is 0 Å². The highest BCUT2D eigenvalue weighted by Gasteiger charge is 2.19. The van der Waals surface area contributed by atoms with E-state index in [1.54, 1.807) is 7.11 Å². The average Bonchev–Trinajstić information content (AvgIpc) is 2.29. The molecule has 0 heterocycles. The Morgan fingerprint density at radius 1 is 1.35 bits per heavy atom. The van der Waals surface area contributed by atoms with Crippen molar-refractivity contribution in [2.45, 2.75) is 25.8 Å². The molecule has 0 aliphatic heterocycles. The molecule has 2 rings (SSSR count). The van der Waals surface area contributed by atoms with Crippen molar-refractivity contribution in [3.63, 3.8) is 0 Å². The summed E-state index contributed by atoms with van der Waals surface area (Å²) in [6.45, 7) is 1.62. The van der Waals surface area contributed by atoms with Crippen LogP contribution in [-0.2, 0) is 6.54 Å². The second-order valence-corrected chi connectivity index (χ2v) is 4.59. The molecule has 1 aromatic rings. The number of methoxy groups -OCH3 is 1. The highest BCUT2D eigenvalue weighted by atomic mass is 16.5. The van der Waals surface area contributed by atoms with E-state index in [9.17, 15) is 0 Å². The van der Waals surface area contributed by atoms with E-state index in [0.717, 1.165) is 36.1 Å². The molecule has 94 valence electrons. The van der Waals surface area contributed by atoms with Gasteiger partial charge in [-0.05, 0) is 31.9 Å². The maximum Gasteiger partial charge on any atom is 0.165 e. The highest BCUT2D eigenvalue weighted by Crippen LogP contribution is 2.33. The molecular formula is C14H21NO2. The van der Waals surface area contributed by atoms with Gasteiger partial charge in [0.05, 0.1) is 13.7 Å². The molecule has 1 saturated carbocycles. The topological polar surface area (TPSA) is 30.5 Å². The number of hydrogen-bond donors (Lipinski definition) is 1. The second-order valence-electron chi connectivity index (χ2n) is 4.59. The van der Waals surface area contributed by atoms with E-state index < -0.39 is 0 Å². The van der Waals surface area contributed by atoms with Gasteiger partial charge in [0.15, 0.2) is 11.5 Å². The van der Waals surface area contributed by atoms with Crippen LogP contribution in [0.4, 0.5) is 0 Å². The Morgan fingerprint density at radius 2 is 2.18 bits per heavy atom. The first kappa shape index (κ1) is 12.2. The molecule has 3 nitrogen and oxygen atoms in total. The lowest BCUT2D eigenvalue weighted by atomic mass is 9.86. The molecule has 1 aliphatic carbocycles. The molecule has 1 N–H and O–H groups in total. The average molecular weight is 235 g/mol. The zero-order valence-corrected chi connectivity index (χ0v) is 10.7. The van der Waals surface area contributed by atoms with Crippen LogP contribution in [0, 0.1) is 5.92 Å². The summed E-state index contributed by atoms with van der Waals surface area (Å²) in [6.07, 6.45) is 3.95. The minimum Gasteiger partial charge on any atom is -0.493 e. The summed E-state index contributed by atoms with van der Waals surface area (Å²) < 4.78 is 11.3. The normalized spacial score (nSPS) is 15.4. The van der Waals surface area contributed by atoms with E-state index in [4.69, 9.17) is 9.47 Å². The molecule has 0 unspecified atom stereocenters. The van der Waals surface area contributed by atoms with Gasteiger partial charge in [-0.15, -0.1) is 0 Å². The molecule has 0 radical (unpaired) electrons. The third-order valence-corrected chi connectivity index (χ3v) is 3.34. The number of para-hydroxylation sites is 1. The maximum atomic E-state index is 5.95.